The summed E-state index contributed by atoms with van der Waals surface area (Å²) in [5.41, 5.74) is 1.82. The van der Waals surface area contributed by atoms with Gasteiger partial charge in [0.15, 0.2) is 0 Å². The van der Waals surface area contributed by atoms with Crippen LogP contribution in [0, 0.1) is 5.82 Å². The molecular formula is C17H18FN3O3. The van der Waals surface area contributed by atoms with Gasteiger partial charge in [0.05, 0.1) is 12.1 Å². The summed E-state index contributed by atoms with van der Waals surface area (Å²) >= 11 is 0. The molecular weight excluding hydrogens is 313 g/mol. The van der Waals surface area contributed by atoms with Gasteiger partial charge in [0.1, 0.15) is 11.5 Å². The summed E-state index contributed by atoms with van der Waals surface area (Å²) in [5.74, 6) is -2.42. The fourth-order valence-corrected chi connectivity index (χ4v) is 2.75. The molecule has 1 saturated carbocycles. The highest BCUT2D eigenvalue weighted by Gasteiger charge is 2.31. The molecule has 1 aliphatic rings. The maximum atomic E-state index is 13.0. The maximum Gasteiger partial charge on any atom is 0.312 e. The summed E-state index contributed by atoms with van der Waals surface area (Å²) in [7, 11) is 1.69. The second-order valence-electron chi connectivity index (χ2n) is 6.00. The predicted molar refractivity (Wildman–Crippen MR) is 84.3 cm³/mol. The smallest absolute Gasteiger partial charge is 0.312 e. The first-order chi connectivity index (χ1) is 11.5. The zero-order valence-electron chi connectivity index (χ0n) is 13.2. The summed E-state index contributed by atoms with van der Waals surface area (Å²) in [4.78, 5) is 23.9. The average molecular weight is 331 g/mol. The molecule has 0 bridgehead atoms. The quantitative estimate of drug-likeness (QED) is 0.848. The molecule has 1 aromatic heterocycles. The van der Waals surface area contributed by atoms with Gasteiger partial charge in [-0.15, -0.1) is 0 Å². The Morgan fingerprint density at radius 2 is 2.04 bits per heavy atom. The molecule has 0 spiro atoms. The highest BCUT2D eigenvalue weighted by Crippen LogP contribution is 2.41. The van der Waals surface area contributed by atoms with Crippen LogP contribution in [0.3, 0.4) is 0 Å². The lowest BCUT2D eigenvalue weighted by atomic mass is 9.99. The third-order valence-corrected chi connectivity index (χ3v) is 4.24. The largest absolute Gasteiger partial charge is 0.481 e. The fourth-order valence-electron chi connectivity index (χ4n) is 2.75. The van der Waals surface area contributed by atoms with E-state index < -0.39 is 17.7 Å². The summed E-state index contributed by atoms with van der Waals surface area (Å²) in [6.07, 6.45) is 3.78. The first-order valence-corrected chi connectivity index (χ1v) is 7.75. The molecule has 24 heavy (non-hydrogen) atoms. The summed E-state index contributed by atoms with van der Waals surface area (Å²) in [5, 5.41) is 16.2. The second kappa shape index (κ2) is 6.43. The van der Waals surface area contributed by atoms with Crippen molar-refractivity contribution in [2.45, 2.75) is 24.7 Å². The number of amides is 1. The number of carboxylic acids is 1. The van der Waals surface area contributed by atoms with Crippen molar-refractivity contribution >= 4 is 11.9 Å². The number of rotatable bonds is 6. The molecule has 7 heteroatoms. The van der Waals surface area contributed by atoms with Gasteiger partial charge in [-0.2, -0.15) is 5.10 Å². The number of carboxylic acid groups (broad SMARTS) is 1. The lowest BCUT2D eigenvalue weighted by Gasteiger charge is -2.14. The van der Waals surface area contributed by atoms with Crippen molar-refractivity contribution in [3.05, 3.63) is 53.1 Å². The van der Waals surface area contributed by atoms with E-state index in [1.807, 2.05) is 0 Å². The zero-order chi connectivity index (χ0) is 17.3. The molecule has 1 unspecified atom stereocenters. The first-order valence-electron chi connectivity index (χ1n) is 7.75. The molecule has 1 aliphatic carbocycles. The Kier molecular flexibility index (Phi) is 4.33. The molecule has 6 nitrogen and oxygen atoms in total. The van der Waals surface area contributed by atoms with Crippen LogP contribution < -0.4 is 5.32 Å². The van der Waals surface area contributed by atoms with Gasteiger partial charge in [-0.3, -0.25) is 14.3 Å². The Labute approximate surface area is 138 Å². The number of nitrogens with zero attached hydrogens (tertiary/aromatic N) is 2. The van der Waals surface area contributed by atoms with Gasteiger partial charge < -0.3 is 10.4 Å². The Balaban J connectivity index is 1.73. The van der Waals surface area contributed by atoms with Crippen molar-refractivity contribution in [2.75, 3.05) is 6.54 Å². The molecule has 126 valence electrons. The molecule has 1 amide bonds. The number of aliphatic carboxylic acids is 1. The Morgan fingerprint density at radius 3 is 2.62 bits per heavy atom. The SMILES string of the molecule is Cn1ncc(C2CC2)c1C(=O)NCC(C(=O)O)c1ccc(F)cc1. The Bertz CT molecular complexity index is 766. The number of aryl methyl sites for hydroxylation is 1. The first kappa shape index (κ1) is 16.2. The minimum Gasteiger partial charge on any atom is -0.481 e. The van der Waals surface area contributed by atoms with Crippen LogP contribution in [-0.4, -0.2) is 33.3 Å². The molecule has 0 aliphatic heterocycles. The van der Waals surface area contributed by atoms with Crippen LogP contribution in [0.25, 0.3) is 0 Å². The van der Waals surface area contributed by atoms with Crippen LogP contribution >= 0.6 is 0 Å². The van der Waals surface area contributed by atoms with Crippen molar-refractivity contribution in [2.24, 2.45) is 7.05 Å². The normalized spacial score (nSPS) is 15.1. The number of halogens is 1. The van der Waals surface area contributed by atoms with Crippen molar-refractivity contribution in [1.29, 1.82) is 0 Å². The second-order valence-corrected chi connectivity index (χ2v) is 6.00. The molecule has 1 fully saturated rings. The Morgan fingerprint density at radius 1 is 1.38 bits per heavy atom. The molecule has 2 N–H and O–H groups in total. The lowest BCUT2D eigenvalue weighted by molar-refractivity contribution is -0.138. The molecule has 1 atom stereocenters. The van der Waals surface area contributed by atoms with E-state index in [-0.39, 0.29) is 12.5 Å². The molecule has 1 heterocycles. The lowest BCUT2D eigenvalue weighted by Crippen LogP contribution is -2.33. The summed E-state index contributed by atoms with van der Waals surface area (Å²) in [6, 6.07) is 5.25. The van der Waals surface area contributed by atoms with Crippen LogP contribution in [-0.2, 0) is 11.8 Å². The van der Waals surface area contributed by atoms with Crippen LogP contribution in [0.15, 0.2) is 30.5 Å². The monoisotopic (exact) mass is 331 g/mol. The Hall–Kier alpha value is -2.70. The van der Waals surface area contributed by atoms with E-state index in [9.17, 15) is 19.1 Å². The van der Waals surface area contributed by atoms with E-state index in [0.717, 1.165) is 18.4 Å². The molecule has 1 aromatic carbocycles. The van der Waals surface area contributed by atoms with Crippen molar-refractivity contribution in [3.63, 3.8) is 0 Å². The van der Waals surface area contributed by atoms with Gasteiger partial charge in [-0.1, -0.05) is 12.1 Å². The van der Waals surface area contributed by atoms with Gasteiger partial charge in [-0.05, 0) is 36.5 Å². The predicted octanol–water partition coefficient (Wildman–Crippen LogP) is 2.03. The number of nitrogens with one attached hydrogen (secondary N) is 1. The molecule has 2 aromatic rings. The molecule has 0 saturated heterocycles. The highest BCUT2D eigenvalue weighted by molar-refractivity contribution is 5.94. The van der Waals surface area contributed by atoms with Gasteiger partial charge in [0, 0.05) is 19.2 Å². The third kappa shape index (κ3) is 3.29. The van der Waals surface area contributed by atoms with Crippen LogP contribution in [0.5, 0.6) is 0 Å². The minimum absolute atomic E-state index is 0.0743. The van der Waals surface area contributed by atoms with Crippen LogP contribution in [0.1, 0.15) is 46.3 Å². The van der Waals surface area contributed by atoms with E-state index in [1.165, 1.54) is 28.9 Å². The van der Waals surface area contributed by atoms with Crippen molar-refractivity contribution in [1.82, 2.24) is 15.1 Å². The van der Waals surface area contributed by atoms with E-state index in [0.29, 0.717) is 17.2 Å². The number of hydrogen-bond acceptors (Lipinski definition) is 3. The average Bonchev–Trinajstić information content (AvgIpc) is 3.31. The topological polar surface area (TPSA) is 84.2 Å². The minimum atomic E-state index is -1.07. The number of hydrogen-bond donors (Lipinski definition) is 2. The van der Waals surface area contributed by atoms with Crippen molar-refractivity contribution in [3.8, 4) is 0 Å². The van der Waals surface area contributed by atoms with Crippen LogP contribution in [0.2, 0.25) is 0 Å². The van der Waals surface area contributed by atoms with E-state index in [1.54, 1.807) is 13.2 Å². The maximum absolute atomic E-state index is 13.0. The fraction of sp³-hybridized carbons (Fsp3) is 0.353. The van der Waals surface area contributed by atoms with E-state index >= 15 is 0 Å². The van der Waals surface area contributed by atoms with Crippen LogP contribution in [0.4, 0.5) is 4.39 Å². The van der Waals surface area contributed by atoms with E-state index in [4.69, 9.17) is 0 Å². The highest BCUT2D eigenvalue weighted by atomic mass is 19.1. The standard InChI is InChI=1S/C17H18FN3O3/c1-21-15(13(9-20-21)10-2-3-10)16(22)19-8-14(17(23)24)11-4-6-12(18)7-5-11/h4-7,9-10,14H,2-3,8H2,1H3,(H,19,22)(H,23,24). The van der Waals surface area contributed by atoms with Gasteiger partial charge in [0.25, 0.3) is 5.91 Å². The van der Waals surface area contributed by atoms with Gasteiger partial charge in [0.2, 0.25) is 0 Å². The number of aromatic nitrogens is 2. The third-order valence-electron chi connectivity index (χ3n) is 4.24. The number of benzene rings is 1. The molecule has 3 rings (SSSR count). The number of carbonyl (C=O) groups excluding carboxylic acids is 1. The van der Waals surface area contributed by atoms with Gasteiger partial charge >= 0.3 is 5.97 Å². The molecule has 0 radical (unpaired) electrons. The zero-order valence-corrected chi connectivity index (χ0v) is 13.2. The summed E-state index contributed by atoms with van der Waals surface area (Å²) < 4.78 is 14.5. The number of carbonyl (C=O) groups is 2. The van der Waals surface area contributed by atoms with Gasteiger partial charge in [-0.25, -0.2) is 4.39 Å². The summed E-state index contributed by atoms with van der Waals surface area (Å²) in [6.45, 7) is -0.0743. The van der Waals surface area contributed by atoms with E-state index in [2.05, 4.69) is 10.4 Å². The van der Waals surface area contributed by atoms with Crippen molar-refractivity contribution < 1.29 is 19.1 Å².